The Labute approximate surface area is 177 Å². The van der Waals surface area contributed by atoms with Gasteiger partial charge in [0.05, 0.1) is 24.4 Å². The van der Waals surface area contributed by atoms with Gasteiger partial charge in [-0.2, -0.15) is 0 Å². The maximum absolute atomic E-state index is 13.4. The average Bonchev–Trinajstić information content (AvgIpc) is 2.70. The number of rotatable bonds is 10. The Morgan fingerprint density at radius 2 is 1.87 bits per heavy atom. The first-order valence-electron chi connectivity index (χ1n) is 9.44. The van der Waals surface area contributed by atoms with Gasteiger partial charge in [-0.3, -0.25) is 24.5 Å². The third-order valence-corrected chi connectivity index (χ3v) is 4.50. The van der Waals surface area contributed by atoms with Gasteiger partial charge in [0.25, 0.3) is 5.69 Å². The van der Waals surface area contributed by atoms with Crippen molar-refractivity contribution in [3.8, 4) is 0 Å². The minimum atomic E-state index is -1.30. The molecule has 0 aromatic heterocycles. The number of carbonyl (C=O) groups is 3. The van der Waals surface area contributed by atoms with Gasteiger partial charge in [0.15, 0.2) is 0 Å². The van der Waals surface area contributed by atoms with Crippen molar-refractivity contribution < 1.29 is 28.4 Å². The van der Waals surface area contributed by atoms with E-state index in [-0.39, 0.29) is 25.1 Å². The first-order chi connectivity index (χ1) is 14.7. The molecule has 2 rings (SSSR count). The number of primary amides is 1. The summed E-state index contributed by atoms with van der Waals surface area (Å²) in [6.45, 7) is 1.73. The quantitative estimate of drug-likeness (QED) is 0.335. The number of hydrogen-bond donors (Lipinski definition) is 2. The molecule has 2 aromatic rings. The van der Waals surface area contributed by atoms with Crippen molar-refractivity contribution in [2.75, 3.05) is 6.61 Å². The molecule has 0 bridgehead atoms. The molecule has 31 heavy (non-hydrogen) atoms. The Hall–Kier alpha value is -3.82. The van der Waals surface area contributed by atoms with E-state index >= 15 is 0 Å². The highest BCUT2D eigenvalue weighted by atomic mass is 19.1. The number of halogens is 1. The van der Waals surface area contributed by atoms with E-state index in [1.807, 2.05) is 0 Å². The molecule has 2 aromatic carbocycles. The molecule has 0 saturated carbocycles. The fourth-order valence-corrected chi connectivity index (χ4v) is 3.10. The SMILES string of the molecule is CCOC(=O)C[C@@H](c1ccc([N+](=O)[O-])cc1)[C@@H](NC(=O)Cc1cccc(F)c1)C(N)=O. The van der Waals surface area contributed by atoms with Crippen molar-refractivity contribution in [1.29, 1.82) is 0 Å². The fraction of sp³-hybridized carbons (Fsp3) is 0.286. The number of hydrogen-bond acceptors (Lipinski definition) is 6. The van der Waals surface area contributed by atoms with Crippen LogP contribution in [0.25, 0.3) is 0 Å². The minimum absolute atomic E-state index is 0.110. The number of nitro benzene ring substituents is 1. The summed E-state index contributed by atoms with van der Waals surface area (Å²) in [5, 5.41) is 13.4. The van der Waals surface area contributed by atoms with Crippen LogP contribution in [-0.4, -0.2) is 35.4 Å². The van der Waals surface area contributed by atoms with Crippen LogP contribution in [0, 0.1) is 15.9 Å². The summed E-state index contributed by atoms with van der Waals surface area (Å²) in [6.07, 6.45) is -0.507. The summed E-state index contributed by atoms with van der Waals surface area (Å²) in [7, 11) is 0. The van der Waals surface area contributed by atoms with Crippen LogP contribution in [0.15, 0.2) is 48.5 Å². The van der Waals surface area contributed by atoms with Crippen molar-refractivity contribution in [2.24, 2.45) is 5.73 Å². The number of non-ortho nitro benzene ring substituents is 1. The Morgan fingerprint density at radius 3 is 2.42 bits per heavy atom. The van der Waals surface area contributed by atoms with Crippen LogP contribution in [0.2, 0.25) is 0 Å². The number of carbonyl (C=O) groups excluding carboxylic acids is 3. The number of nitro groups is 1. The number of amides is 2. The first-order valence-corrected chi connectivity index (χ1v) is 9.44. The van der Waals surface area contributed by atoms with E-state index in [0.717, 1.165) is 0 Å². The molecule has 10 heteroatoms. The lowest BCUT2D eigenvalue weighted by atomic mass is 9.87. The van der Waals surface area contributed by atoms with E-state index in [9.17, 15) is 28.9 Å². The third-order valence-electron chi connectivity index (χ3n) is 4.50. The summed E-state index contributed by atoms with van der Waals surface area (Å²) in [6, 6.07) is 9.33. The second-order valence-electron chi connectivity index (χ2n) is 6.72. The molecule has 0 aliphatic heterocycles. The van der Waals surface area contributed by atoms with Gasteiger partial charge in [0.1, 0.15) is 11.9 Å². The van der Waals surface area contributed by atoms with E-state index in [1.54, 1.807) is 13.0 Å². The van der Waals surface area contributed by atoms with Crippen LogP contribution in [-0.2, 0) is 25.5 Å². The minimum Gasteiger partial charge on any atom is -0.466 e. The molecule has 0 heterocycles. The van der Waals surface area contributed by atoms with Gasteiger partial charge in [-0.25, -0.2) is 4.39 Å². The van der Waals surface area contributed by atoms with Gasteiger partial charge in [0, 0.05) is 18.1 Å². The zero-order valence-electron chi connectivity index (χ0n) is 16.7. The Morgan fingerprint density at radius 1 is 1.19 bits per heavy atom. The molecule has 2 atom stereocenters. The Bertz CT molecular complexity index is 964. The molecule has 3 N–H and O–H groups in total. The van der Waals surface area contributed by atoms with Crippen molar-refractivity contribution in [2.45, 2.75) is 31.7 Å². The zero-order chi connectivity index (χ0) is 23.0. The summed E-state index contributed by atoms with van der Waals surface area (Å²) in [5.74, 6) is -3.57. The molecule has 0 saturated heterocycles. The standard InChI is InChI=1S/C21H22FN3O6/c1-2-31-19(27)12-17(14-6-8-16(9-7-14)25(29)30)20(21(23)28)24-18(26)11-13-4-3-5-15(22)10-13/h3-10,17,20H,2,11-12H2,1H3,(H2,23,28)(H,24,26)/t17-,20+/m0/s1. The normalized spacial score (nSPS) is 12.5. The summed E-state index contributed by atoms with van der Waals surface area (Å²) in [4.78, 5) is 47.1. The molecule has 0 spiro atoms. The smallest absolute Gasteiger partial charge is 0.306 e. The molecule has 0 aliphatic rings. The van der Waals surface area contributed by atoms with Gasteiger partial charge >= 0.3 is 5.97 Å². The molecular formula is C21H22FN3O6. The molecule has 0 radical (unpaired) electrons. The summed E-state index contributed by atoms with van der Waals surface area (Å²) < 4.78 is 18.3. The molecule has 9 nitrogen and oxygen atoms in total. The van der Waals surface area contributed by atoms with Gasteiger partial charge in [-0.05, 0) is 30.2 Å². The van der Waals surface area contributed by atoms with Gasteiger partial charge in [-0.15, -0.1) is 0 Å². The lowest BCUT2D eigenvalue weighted by molar-refractivity contribution is -0.384. The number of nitrogens with zero attached hydrogens (tertiary/aromatic N) is 1. The molecule has 2 amide bonds. The van der Waals surface area contributed by atoms with E-state index in [4.69, 9.17) is 10.5 Å². The first kappa shape index (κ1) is 23.5. The lowest BCUT2D eigenvalue weighted by Crippen LogP contribution is -2.49. The number of nitrogens with two attached hydrogens (primary N) is 1. The van der Waals surface area contributed by atoms with E-state index in [2.05, 4.69) is 5.32 Å². The van der Waals surface area contributed by atoms with Gasteiger partial charge in [0.2, 0.25) is 11.8 Å². The number of ether oxygens (including phenoxy) is 1. The molecule has 0 unspecified atom stereocenters. The van der Waals surface area contributed by atoms with Crippen molar-refractivity contribution in [3.05, 3.63) is 75.6 Å². The van der Waals surface area contributed by atoms with Crippen LogP contribution in [0.3, 0.4) is 0 Å². The van der Waals surface area contributed by atoms with Crippen LogP contribution < -0.4 is 11.1 Å². The molecule has 0 fully saturated rings. The average molecular weight is 431 g/mol. The fourth-order valence-electron chi connectivity index (χ4n) is 3.10. The van der Waals surface area contributed by atoms with E-state index in [0.29, 0.717) is 11.1 Å². The Kier molecular flexibility index (Phi) is 8.18. The van der Waals surface area contributed by atoms with Crippen molar-refractivity contribution >= 4 is 23.5 Å². The number of esters is 1. The van der Waals surface area contributed by atoms with E-state index in [1.165, 1.54) is 42.5 Å². The Balaban J connectivity index is 2.29. The van der Waals surface area contributed by atoms with Crippen LogP contribution in [0.4, 0.5) is 10.1 Å². The predicted molar refractivity (Wildman–Crippen MR) is 108 cm³/mol. The number of nitrogens with one attached hydrogen (secondary N) is 1. The van der Waals surface area contributed by atoms with Crippen molar-refractivity contribution in [1.82, 2.24) is 5.32 Å². The monoisotopic (exact) mass is 431 g/mol. The summed E-state index contributed by atoms with van der Waals surface area (Å²) in [5.41, 5.74) is 6.09. The van der Waals surface area contributed by atoms with E-state index < -0.39 is 40.5 Å². The van der Waals surface area contributed by atoms with Gasteiger partial charge < -0.3 is 15.8 Å². The highest BCUT2D eigenvalue weighted by molar-refractivity contribution is 5.89. The third kappa shape index (κ3) is 6.88. The molecule has 0 aliphatic carbocycles. The highest BCUT2D eigenvalue weighted by Gasteiger charge is 2.32. The number of benzene rings is 2. The van der Waals surface area contributed by atoms with Gasteiger partial charge in [-0.1, -0.05) is 24.3 Å². The molecular weight excluding hydrogens is 409 g/mol. The largest absolute Gasteiger partial charge is 0.466 e. The summed E-state index contributed by atoms with van der Waals surface area (Å²) >= 11 is 0. The second-order valence-corrected chi connectivity index (χ2v) is 6.72. The lowest BCUT2D eigenvalue weighted by Gasteiger charge is -2.25. The highest BCUT2D eigenvalue weighted by Crippen LogP contribution is 2.26. The zero-order valence-corrected chi connectivity index (χ0v) is 16.7. The predicted octanol–water partition coefficient (Wildman–Crippen LogP) is 1.98. The second kappa shape index (κ2) is 10.8. The maximum atomic E-state index is 13.4. The molecule has 164 valence electrons. The van der Waals surface area contributed by atoms with Crippen LogP contribution >= 0.6 is 0 Å². The van der Waals surface area contributed by atoms with Crippen LogP contribution in [0.1, 0.15) is 30.4 Å². The van der Waals surface area contributed by atoms with Crippen LogP contribution in [0.5, 0.6) is 0 Å². The maximum Gasteiger partial charge on any atom is 0.306 e. The van der Waals surface area contributed by atoms with Crippen molar-refractivity contribution in [3.63, 3.8) is 0 Å². The topological polar surface area (TPSA) is 142 Å².